The number of benzene rings is 2. The molecule has 0 atom stereocenters. The molecule has 118 valence electrons. The lowest BCUT2D eigenvalue weighted by Crippen LogP contribution is -2.04. The number of carbonyl (C=O) groups excluding carboxylic acids is 1. The highest BCUT2D eigenvalue weighted by Gasteiger charge is 2.12. The molecule has 0 spiro atoms. The zero-order valence-corrected chi connectivity index (χ0v) is 12.2. The lowest BCUT2D eigenvalue weighted by atomic mass is 10.0. The maximum atomic E-state index is 14.1. The van der Waals surface area contributed by atoms with Gasteiger partial charge in [0.1, 0.15) is 18.2 Å². The van der Waals surface area contributed by atoms with E-state index in [1.54, 1.807) is 12.1 Å². The van der Waals surface area contributed by atoms with E-state index in [1.165, 1.54) is 24.3 Å². The molecular weight excluding hydrogens is 302 g/mol. The van der Waals surface area contributed by atoms with Crippen molar-refractivity contribution in [3.8, 4) is 22.6 Å². The summed E-state index contributed by atoms with van der Waals surface area (Å²) in [4.78, 5) is 11.1. The van der Waals surface area contributed by atoms with Crippen molar-refractivity contribution in [2.45, 2.75) is 0 Å². The van der Waals surface area contributed by atoms with Gasteiger partial charge in [-0.3, -0.25) is 0 Å². The minimum Gasteiger partial charge on any atom is -0.489 e. The van der Waals surface area contributed by atoms with E-state index in [0.29, 0.717) is 11.3 Å². The largest absolute Gasteiger partial charge is 0.489 e. The molecule has 2 aromatic carbocycles. The van der Waals surface area contributed by atoms with Gasteiger partial charge in [-0.1, -0.05) is 25.3 Å². The van der Waals surface area contributed by atoms with Gasteiger partial charge in [-0.25, -0.2) is 13.6 Å². The molecule has 0 fully saturated rings. The van der Waals surface area contributed by atoms with Gasteiger partial charge >= 0.3 is 5.97 Å². The van der Waals surface area contributed by atoms with E-state index in [9.17, 15) is 13.6 Å². The van der Waals surface area contributed by atoms with Crippen LogP contribution in [0.5, 0.6) is 11.5 Å². The molecule has 23 heavy (non-hydrogen) atoms. The first-order valence-corrected chi connectivity index (χ1v) is 6.72. The van der Waals surface area contributed by atoms with Crippen molar-refractivity contribution in [2.24, 2.45) is 0 Å². The Morgan fingerprint density at radius 2 is 1.87 bits per heavy atom. The predicted octanol–water partition coefficient (Wildman–Crippen LogP) is 4.29. The minimum absolute atomic E-state index is 0.205. The van der Waals surface area contributed by atoms with Crippen molar-refractivity contribution in [2.75, 3.05) is 6.61 Å². The van der Waals surface area contributed by atoms with E-state index in [1.807, 2.05) is 0 Å². The van der Waals surface area contributed by atoms with Crippen molar-refractivity contribution in [1.82, 2.24) is 0 Å². The standard InChI is InChI=1S/C18H14F2O3/c1-3-9-22-13-6-7-14(15(19)11-13)12-5-8-17(16(20)10-12)23-18(21)4-2/h3-8,10-11H,1-2,9H2. The summed E-state index contributed by atoms with van der Waals surface area (Å²) in [7, 11) is 0. The molecule has 0 saturated heterocycles. The van der Waals surface area contributed by atoms with Gasteiger partial charge in [0.25, 0.3) is 0 Å². The first kappa shape index (κ1) is 16.4. The second-order valence-corrected chi connectivity index (χ2v) is 4.51. The van der Waals surface area contributed by atoms with Crippen molar-refractivity contribution >= 4 is 5.97 Å². The number of hydrogen-bond acceptors (Lipinski definition) is 3. The van der Waals surface area contributed by atoms with Gasteiger partial charge in [-0.05, 0) is 29.8 Å². The summed E-state index contributed by atoms with van der Waals surface area (Å²) >= 11 is 0. The molecule has 0 unspecified atom stereocenters. The van der Waals surface area contributed by atoms with Gasteiger partial charge in [0.15, 0.2) is 11.6 Å². The molecule has 0 N–H and O–H groups in total. The first-order chi connectivity index (χ1) is 11.0. The van der Waals surface area contributed by atoms with E-state index in [4.69, 9.17) is 9.47 Å². The third-order valence-electron chi connectivity index (χ3n) is 2.93. The van der Waals surface area contributed by atoms with Gasteiger partial charge in [-0.2, -0.15) is 0 Å². The van der Waals surface area contributed by atoms with Crippen LogP contribution in [0.3, 0.4) is 0 Å². The molecule has 0 aliphatic carbocycles. The van der Waals surface area contributed by atoms with E-state index in [-0.39, 0.29) is 17.9 Å². The maximum Gasteiger partial charge on any atom is 0.335 e. The fourth-order valence-electron chi connectivity index (χ4n) is 1.88. The molecule has 0 aliphatic rings. The monoisotopic (exact) mass is 316 g/mol. The fraction of sp³-hybridized carbons (Fsp3) is 0.0556. The van der Waals surface area contributed by atoms with Gasteiger partial charge < -0.3 is 9.47 Å². The highest BCUT2D eigenvalue weighted by Crippen LogP contribution is 2.29. The van der Waals surface area contributed by atoms with Crippen LogP contribution in [0, 0.1) is 11.6 Å². The van der Waals surface area contributed by atoms with Crippen LogP contribution in [-0.4, -0.2) is 12.6 Å². The predicted molar refractivity (Wildman–Crippen MR) is 83.3 cm³/mol. The Hall–Kier alpha value is -2.95. The average molecular weight is 316 g/mol. The summed E-state index contributed by atoms with van der Waals surface area (Å²) in [6.45, 7) is 6.99. The minimum atomic E-state index is -0.774. The van der Waals surface area contributed by atoms with Gasteiger partial charge in [0, 0.05) is 17.7 Å². The van der Waals surface area contributed by atoms with Gasteiger partial charge in [0.05, 0.1) is 0 Å². The van der Waals surface area contributed by atoms with Crippen molar-refractivity contribution in [1.29, 1.82) is 0 Å². The topological polar surface area (TPSA) is 35.5 Å². The maximum absolute atomic E-state index is 14.1. The Kier molecular flexibility index (Phi) is 5.25. The summed E-state index contributed by atoms with van der Waals surface area (Å²) in [5, 5.41) is 0. The summed E-state index contributed by atoms with van der Waals surface area (Å²) < 4.78 is 38.0. The van der Waals surface area contributed by atoms with Crippen LogP contribution in [0.4, 0.5) is 8.78 Å². The average Bonchev–Trinajstić information content (AvgIpc) is 2.54. The Morgan fingerprint density at radius 3 is 2.48 bits per heavy atom. The SMILES string of the molecule is C=CCOc1ccc(-c2ccc(OC(=O)C=C)c(F)c2)c(F)c1. The van der Waals surface area contributed by atoms with Crippen LogP contribution in [0.15, 0.2) is 61.7 Å². The lowest BCUT2D eigenvalue weighted by molar-refractivity contribution is -0.129. The summed E-state index contributed by atoms with van der Waals surface area (Å²) in [5.74, 6) is -1.99. The van der Waals surface area contributed by atoms with Crippen LogP contribution in [0.1, 0.15) is 0 Å². The summed E-state index contributed by atoms with van der Waals surface area (Å²) in [5.41, 5.74) is 0.519. The number of carbonyl (C=O) groups is 1. The molecule has 0 amide bonds. The quantitative estimate of drug-likeness (QED) is 0.345. The fourth-order valence-corrected chi connectivity index (χ4v) is 1.88. The zero-order valence-electron chi connectivity index (χ0n) is 12.2. The Morgan fingerprint density at radius 1 is 1.09 bits per heavy atom. The van der Waals surface area contributed by atoms with Gasteiger partial charge in [-0.15, -0.1) is 0 Å². The molecule has 2 rings (SSSR count). The summed E-state index contributed by atoms with van der Waals surface area (Å²) in [6.07, 6.45) is 2.47. The Bertz CT molecular complexity index is 754. The van der Waals surface area contributed by atoms with Crippen LogP contribution in [-0.2, 0) is 4.79 Å². The van der Waals surface area contributed by atoms with Crippen LogP contribution in [0.2, 0.25) is 0 Å². The van der Waals surface area contributed by atoms with Crippen LogP contribution < -0.4 is 9.47 Å². The Balaban J connectivity index is 2.28. The van der Waals surface area contributed by atoms with E-state index < -0.39 is 17.6 Å². The zero-order chi connectivity index (χ0) is 16.8. The van der Waals surface area contributed by atoms with E-state index in [0.717, 1.165) is 12.1 Å². The lowest BCUT2D eigenvalue weighted by Gasteiger charge is -2.09. The third-order valence-corrected chi connectivity index (χ3v) is 2.93. The molecule has 0 radical (unpaired) electrons. The second kappa shape index (κ2) is 7.35. The summed E-state index contributed by atoms with van der Waals surface area (Å²) in [6, 6.07) is 8.07. The van der Waals surface area contributed by atoms with Crippen molar-refractivity contribution < 1.29 is 23.0 Å². The highest BCUT2D eigenvalue weighted by atomic mass is 19.1. The molecular formula is C18H14F2O3. The third kappa shape index (κ3) is 4.03. The molecule has 2 aromatic rings. The molecule has 0 aromatic heterocycles. The van der Waals surface area contributed by atoms with Crippen molar-refractivity contribution in [3.63, 3.8) is 0 Å². The first-order valence-electron chi connectivity index (χ1n) is 6.72. The smallest absolute Gasteiger partial charge is 0.335 e. The molecule has 5 heteroatoms. The number of rotatable bonds is 6. The second-order valence-electron chi connectivity index (χ2n) is 4.51. The number of esters is 1. The number of halogens is 2. The molecule has 0 aliphatic heterocycles. The van der Waals surface area contributed by atoms with Crippen molar-refractivity contribution in [3.05, 3.63) is 73.3 Å². The Labute approximate surface area is 132 Å². The molecule has 3 nitrogen and oxygen atoms in total. The molecule has 0 bridgehead atoms. The van der Waals surface area contributed by atoms with E-state index >= 15 is 0 Å². The van der Waals surface area contributed by atoms with Crippen LogP contribution >= 0.6 is 0 Å². The molecule has 0 heterocycles. The van der Waals surface area contributed by atoms with E-state index in [2.05, 4.69) is 13.2 Å². The van der Waals surface area contributed by atoms with Crippen LogP contribution in [0.25, 0.3) is 11.1 Å². The number of ether oxygens (including phenoxy) is 2. The normalized spacial score (nSPS) is 10.0. The number of hydrogen-bond donors (Lipinski definition) is 0. The molecule has 0 saturated carbocycles. The van der Waals surface area contributed by atoms with Gasteiger partial charge in [0.2, 0.25) is 0 Å². The highest BCUT2D eigenvalue weighted by molar-refractivity contribution is 5.83.